The Hall–Kier alpha value is -2.73. The molecule has 6 heteroatoms. The van der Waals surface area contributed by atoms with E-state index >= 15 is 0 Å². The Balaban J connectivity index is 1.33. The lowest BCUT2D eigenvalue weighted by Gasteiger charge is -2.33. The maximum Gasteiger partial charge on any atom is 0.159 e. The van der Waals surface area contributed by atoms with E-state index in [1.807, 2.05) is 18.3 Å². The van der Waals surface area contributed by atoms with Crippen molar-refractivity contribution in [2.24, 2.45) is 0 Å². The van der Waals surface area contributed by atoms with E-state index in [0.717, 1.165) is 42.5 Å². The summed E-state index contributed by atoms with van der Waals surface area (Å²) in [5, 5.41) is 9.39. The van der Waals surface area contributed by atoms with Crippen molar-refractivity contribution in [3.05, 3.63) is 100.0 Å². The number of fused-ring (bicyclic) bond motifs is 1. The highest BCUT2D eigenvalue weighted by Crippen LogP contribution is 2.29. The molecule has 0 bridgehead atoms. The molecule has 2 atom stereocenters. The van der Waals surface area contributed by atoms with Crippen LogP contribution in [0.2, 0.25) is 5.02 Å². The first-order valence-electron chi connectivity index (χ1n) is 12.2. The molecule has 5 nitrogen and oxygen atoms in total. The summed E-state index contributed by atoms with van der Waals surface area (Å²) in [6.07, 6.45) is 4.31. The zero-order chi connectivity index (χ0) is 23.5. The van der Waals surface area contributed by atoms with Gasteiger partial charge in [0.1, 0.15) is 0 Å². The standard InChI is InChI=1S/C28H32ClN5/c1-20(23-7-4-3-5-8-23)31-17-26-21(2)32-34-27(14-15-30-28(26)34)24-9-6-16-33(19-24)18-22-10-12-25(29)13-11-22/h3-5,7-8,10-15,20,24,31H,6,9,16-19H2,1-2H3/t20?,24-/m1/s1. The summed E-state index contributed by atoms with van der Waals surface area (Å²) in [6.45, 7) is 8.14. The van der Waals surface area contributed by atoms with Crippen molar-refractivity contribution in [3.63, 3.8) is 0 Å². The van der Waals surface area contributed by atoms with Gasteiger partial charge in [0.25, 0.3) is 0 Å². The van der Waals surface area contributed by atoms with Crippen LogP contribution in [0.1, 0.15) is 59.8 Å². The van der Waals surface area contributed by atoms with Gasteiger partial charge in [0, 0.05) is 48.4 Å². The van der Waals surface area contributed by atoms with Crippen LogP contribution >= 0.6 is 11.6 Å². The summed E-state index contributed by atoms with van der Waals surface area (Å²) >= 11 is 6.06. The maximum atomic E-state index is 6.06. The smallest absolute Gasteiger partial charge is 0.159 e. The van der Waals surface area contributed by atoms with E-state index in [1.165, 1.54) is 35.2 Å². The van der Waals surface area contributed by atoms with Crippen LogP contribution in [0.5, 0.6) is 0 Å². The number of benzene rings is 2. The van der Waals surface area contributed by atoms with Gasteiger partial charge in [-0.1, -0.05) is 54.1 Å². The number of hydrogen-bond donors (Lipinski definition) is 1. The van der Waals surface area contributed by atoms with Crippen LogP contribution in [0, 0.1) is 6.92 Å². The summed E-state index contributed by atoms with van der Waals surface area (Å²) in [5.41, 5.74) is 7.04. The third-order valence-electron chi connectivity index (χ3n) is 6.97. The van der Waals surface area contributed by atoms with Crippen molar-refractivity contribution in [2.75, 3.05) is 13.1 Å². The molecule has 1 aliphatic rings. The van der Waals surface area contributed by atoms with Crippen LogP contribution in [0.4, 0.5) is 0 Å². The molecule has 1 N–H and O–H groups in total. The molecule has 0 amide bonds. The summed E-state index contributed by atoms with van der Waals surface area (Å²) in [7, 11) is 0. The Morgan fingerprint density at radius 2 is 1.88 bits per heavy atom. The molecule has 1 fully saturated rings. The summed E-state index contributed by atoms with van der Waals surface area (Å²) < 4.78 is 2.09. The van der Waals surface area contributed by atoms with Gasteiger partial charge in [0.15, 0.2) is 5.65 Å². The highest BCUT2D eigenvalue weighted by atomic mass is 35.5. The zero-order valence-electron chi connectivity index (χ0n) is 19.9. The summed E-state index contributed by atoms with van der Waals surface area (Å²) in [6, 6.07) is 21.2. The van der Waals surface area contributed by atoms with Gasteiger partial charge in [0.2, 0.25) is 0 Å². The van der Waals surface area contributed by atoms with Gasteiger partial charge < -0.3 is 5.32 Å². The lowest BCUT2D eigenvalue weighted by atomic mass is 9.94. The molecule has 34 heavy (non-hydrogen) atoms. The van der Waals surface area contributed by atoms with Crippen molar-refractivity contribution in [1.29, 1.82) is 0 Å². The maximum absolute atomic E-state index is 6.06. The Bertz CT molecular complexity index is 1240. The molecule has 1 aliphatic heterocycles. The first-order chi connectivity index (χ1) is 16.6. The quantitative estimate of drug-likeness (QED) is 0.362. The van der Waals surface area contributed by atoms with Gasteiger partial charge in [-0.3, -0.25) is 4.90 Å². The van der Waals surface area contributed by atoms with Gasteiger partial charge in [0.05, 0.1) is 11.4 Å². The highest BCUT2D eigenvalue weighted by Gasteiger charge is 2.25. The molecule has 3 heterocycles. The van der Waals surface area contributed by atoms with Crippen LogP contribution in [0.15, 0.2) is 66.9 Å². The molecule has 2 aromatic carbocycles. The van der Waals surface area contributed by atoms with Crippen LogP contribution < -0.4 is 5.32 Å². The molecule has 1 unspecified atom stereocenters. The second-order valence-electron chi connectivity index (χ2n) is 9.38. The van der Waals surface area contributed by atoms with Gasteiger partial charge in [-0.25, -0.2) is 9.50 Å². The fraction of sp³-hybridized carbons (Fsp3) is 0.357. The van der Waals surface area contributed by atoms with E-state index in [9.17, 15) is 0 Å². The number of piperidine rings is 1. The van der Waals surface area contributed by atoms with Crippen molar-refractivity contribution in [1.82, 2.24) is 24.8 Å². The Morgan fingerprint density at radius 3 is 2.68 bits per heavy atom. The number of aryl methyl sites for hydroxylation is 1. The fourth-order valence-corrected chi connectivity index (χ4v) is 5.16. The SMILES string of the molecule is Cc1nn2c([C@@H]3CCCN(Cc4ccc(Cl)cc4)C3)ccnc2c1CNC(C)c1ccccc1. The van der Waals surface area contributed by atoms with E-state index < -0.39 is 0 Å². The monoisotopic (exact) mass is 473 g/mol. The normalized spacial score (nSPS) is 17.8. The van der Waals surface area contributed by atoms with Crippen molar-refractivity contribution in [3.8, 4) is 0 Å². The minimum absolute atomic E-state index is 0.263. The van der Waals surface area contributed by atoms with Crippen molar-refractivity contribution in [2.45, 2.75) is 51.7 Å². The molecule has 0 aliphatic carbocycles. The van der Waals surface area contributed by atoms with Crippen LogP contribution in [0.3, 0.4) is 0 Å². The lowest BCUT2D eigenvalue weighted by Crippen LogP contribution is -2.34. The van der Waals surface area contributed by atoms with Crippen LogP contribution in [-0.4, -0.2) is 32.6 Å². The number of aromatic nitrogens is 3. The molecule has 176 valence electrons. The molecule has 0 radical (unpaired) electrons. The molecule has 0 saturated carbocycles. The Labute approximate surface area is 206 Å². The number of hydrogen-bond acceptors (Lipinski definition) is 4. The lowest BCUT2D eigenvalue weighted by molar-refractivity contribution is 0.197. The first-order valence-corrected chi connectivity index (χ1v) is 12.5. The predicted octanol–water partition coefficient (Wildman–Crippen LogP) is 5.92. The molecule has 2 aromatic heterocycles. The molecule has 5 rings (SSSR count). The minimum atomic E-state index is 0.263. The van der Waals surface area contributed by atoms with Crippen molar-refractivity contribution < 1.29 is 0 Å². The largest absolute Gasteiger partial charge is 0.306 e. The van der Waals surface area contributed by atoms with Gasteiger partial charge in [-0.05, 0) is 62.6 Å². The second-order valence-corrected chi connectivity index (χ2v) is 9.82. The summed E-state index contributed by atoms with van der Waals surface area (Å²) in [4.78, 5) is 7.28. The zero-order valence-corrected chi connectivity index (χ0v) is 20.7. The topological polar surface area (TPSA) is 45.5 Å². The average molecular weight is 474 g/mol. The number of rotatable bonds is 7. The second kappa shape index (κ2) is 10.3. The Kier molecular flexibility index (Phi) is 6.95. The highest BCUT2D eigenvalue weighted by molar-refractivity contribution is 6.30. The van der Waals surface area contributed by atoms with E-state index in [0.29, 0.717) is 5.92 Å². The van der Waals surface area contributed by atoms with E-state index in [-0.39, 0.29) is 6.04 Å². The van der Waals surface area contributed by atoms with Crippen LogP contribution in [0.25, 0.3) is 5.65 Å². The molecule has 4 aromatic rings. The molecule has 0 spiro atoms. The van der Waals surface area contributed by atoms with Gasteiger partial charge >= 0.3 is 0 Å². The van der Waals surface area contributed by atoms with Crippen LogP contribution in [-0.2, 0) is 13.1 Å². The number of nitrogens with zero attached hydrogens (tertiary/aromatic N) is 4. The van der Waals surface area contributed by atoms with Gasteiger partial charge in [-0.2, -0.15) is 5.10 Å². The minimum Gasteiger partial charge on any atom is -0.306 e. The molecular weight excluding hydrogens is 442 g/mol. The number of likely N-dealkylation sites (tertiary alicyclic amines) is 1. The third-order valence-corrected chi connectivity index (χ3v) is 7.22. The van der Waals surface area contributed by atoms with Crippen molar-refractivity contribution >= 4 is 17.2 Å². The number of nitrogens with one attached hydrogen (secondary N) is 1. The van der Waals surface area contributed by atoms with E-state index in [4.69, 9.17) is 21.7 Å². The fourth-order valence-electron chi connectivity index (χ4n) is 5.03. The molecule has 1 saturated heterocycles. The number of halogens is 1. The van der Waals surface area contributed by atoms with Gasteiger partial charge in [-0.15, -0.1) is 0 Å². The molecular formula is C28H32ClN5. The predicted molar refractivity (Wildman–Crippen MR) is 138 cm³/mol. The Morgan fingerprint density at radius 1 is 1.09 bits per heavy atom. The third kappa shape index (κ3) is 5.02. The van der Waals surface area contributed by atoms with E-state index in [2.05, 4.69) is 77.1 Å². The summed E-state index contributed by atoms with van der Waals surface area (Å²) in [5.74, 6) is 0.440. The van der Waals surface area contributed by atoms with E-state index in [1.54, 1.807) is 0 Å². The first kappa shape index (κ1) is 23.0. The average Bonchev–Trinajstić information content (AvgIpc) is 3.19.